The lowest BCUT2D eigenvalue weighted by Gasteiger charge is -1.86. The minimum absolute atomic E-state index is 0.0198. The van der Waals surface area contributed by atoms with Crippen molar-refractivity contribution in [3.8, 4) is 11.7 Å². The summed E-state index contributed by atoms with van der Waals surface area (Å²) >= 11 is 0. The first kappa shape index (κ1) is 7.60. The summed E-state index contributed by atoms with van der Waals surface area (Å²) in [5.41, 5.74) is 4.98. The second kappa shape index (κ2) is 2.78. The number of nitrogens with two attached hydrogens (primary N) is 1. The Balaban J connectivity index is 2.39. The number of aromatic nitrogens is 1. The van der Waals surface area contributed by atoms with Gasteiger partial charge in [0, 0.05) is 0 Å². The molecule has 0 unspecified atom stereocenters. The largest absolute Gasteiger partial charge is 0.459 e. The molecule has 0 aliphatic rings. The van der Waals surface area contributed by atoms with E-state index in [9.17, 15) is 4.79 Å². The molecule has 0 aromatic carbocycles. The lowest BCUT2D eigenvalue weighted by molar-refractivity contribution is 0.0974. The van der Waals surface area contributed by atoms with Crippen LogP contribution in [0.5, 0.6) is 0 Å². The number of hydrogen-bond donors (Lipinski definition) is 1. The second-order valence-electron chi connectivity index (χ2n) is 2.37. The third-order valence-electron chi connectivity index (χ3n) is 1.48. The molecule has 66 valence electrons. The molecule has 0 bridgehead atoms. The van der Waals surface area contributed by atoms with E-state index in [1.165, 1.54) is 12.5 Å². The zero-order valence-electron chi connectivity index (χ0n) is 6.56. The predicted octanol–water partition coefficient (Wildman–Crippen LogP) is 1.03. The van der Waals surface area contributed by atoms with Crippen molar-refractivity contribution in [2.75, 3.05) is 0 Å². The highest BCUT2D eigenvalue weighted by Crippen LogP contribution is 2.18. The van der Waals surface area contributed by atoms with Crippen molar-refractivity contribution in [3.05, 3.63) is 30.4 Å². The normalized spacial score (nSPS) is 10.2. The van der Waals surface area contributed by atoms with E-state index in [2.05, 4.69) is 4.98 Å². The number of furan rings is 1. The van der Waals surface area contributed by atoms with Gasteiger partial charge >= 0.3 is 0 Å². The van der Waals surface area contributed by atoms with Crippen LogP contribution in [0, 0.1) is 0 Å². The molecular weight excluding hydrogens is 172 g/mol. The van der Waals surface area contributed by atoms with Crippen molar-refractivity contribution in [3.63, 3.8) is 0 Å². The van der Waals surface area contributed by atoms with E-state index in [1.54, 1.807) is 12.1 Å². The van der Waals surface area contributed by atoms with Crippen LogP contribution in [0.4, 0.5) is 0 Å². The Morgan fingerprint density at radius 2 is 2.38 bits per heavy atom. The maximum Gasteiger partial charge on any atom is 0.286 e. The molecule has 0 saturated carbocycles. The Labute approximate surface area is 73.2 Å². The Bertz CT molecular complexity index is 416. The maximum atomic E-state index is 10.6. The summed E-state index contributed by atoms with van der Waals surface area (Å²) < 4.78 is 10.0. The number of oxazole rings is 1. The Hall–Kier alpha value is -2.04. The van der Waals surface area contributed by atoms with E-state index in [-0.39, 0.29) is 11.7 Å². The van der Waals surface area contributed by atoms with E-state index >= 15 is 0 Å². The molecule has 0 radical (unpaired) electrons. The summed E-state index contributed by atoms with van der Waals surface area (Å²) in [6, 6.07) is 3.38. The van der Waals surface area contributed by atoms with Crippen molar-refractivity contribution in [1.29, 1.82) is 0 Å². The summed E-state index contributed by atoms with van der Waals surface area (Å²) in [4.78, 5) is 14.5. The molecule has 0 atom stereocenters. The van der Waals surface area contributed by atoms with Gasteiger partial charge < -0.3 is 14.6 Å². The first-order valence-electron chi connectivity index (χ1n) is 3.57. The SMILES string of the molecule is NC(=O)c1cnc(-c2ccco2)o1. The van der Waals surface area contributed by atoms with Crippen LogP contribution in [0.2, 0.25) is 0 Å². The average molecular weight is 178 g/mol. The van der Waals surface area contributed by atoms with Gasteiger partial charge in [-0.3, -0.25) is 4.79 Å². The highest BCUT2D eigenvalue weighted by atomic mass is 16.4. The minimum Gasteiger partial charge on any atom is -0.459 e. The van der Waals surface area contributed by atoms with Gasteiger partial charge in [0.1, 0.15) is 0 Å². The fraction of sp³-hybridized carbons (Fsp3) is 0. The van der Waals surface area contributed by atoms with E-state index in [4.69, 9.17) is 14.6 Å². The van der Waals surface area contributed by atoms with Crippen LogP contribution in [0.3, 0.4) is 0 Å². The van der Waals surface area contributed by atoms with Crippen LogP contribution >= 0.6 is 0 Å². The number of rotatable bonds is 2. The van der Waals surface area contributed by atoms with Crippen LogP contribution in [0.15, 0.2) is 33.4 Å². The van der Waals surface area contributed by atoms with Gasteiger partial charge in [0.2, 0.25) is 5.76 Å². The van der Waals surface area contributed by atoms with Crippen LogP contribution in [0.1, 0.15) is 10.6 Å². The highest BCUT2D eigenvalue weighted by molar-refractivity contribution is 5.89. The minimum atomic E-state index is -0.648. The van der Waals surface area contributed by atoms with Crippen molar-refractivity contribution in [2.45, 2.75) is 0 Å². The van der Waals surface area contributed by atoms with E-state index in [0.29, 0.717) is 5.76 Å². The van der Waals surface area contributed by atoms with Crippen LogP contribution in [-0.4, -0.2) is 10.9 Å². The molecule has 2 N–H and O–H groups in total. The summed E-state index contributed by atoms with van der Waals surface area (Å²) in [5, 5.41) is 0. The molecule has 2 heterocycles. The van der Waals surface area contributed by atoms with Gasteiger partial charge in [-0.25, -0.2) is 4.98 Å². The van der Waals surface area contributed by atoms with Gasteiger partial charge in [-0.1, -0.05) is 0 Å². The molecule has 1 amide bonds. The van der Waals surface area contributed by atoms with E-state index in [0.717, 1.165) is 0 Å². The number of nitrogens with zero attached hydrogens (tertiary/aromatic N) is 1. The number of primary amides is 1. The molecule has 5 heteroatoms. The molecule has 0 spiro atoms. The van der Waals surface area contributed by atoms with Gasteiger partial charge in [0.15, 0.2) is 5.76 Å². The number of carbonyl (C=O) groups excluding carboxylic acids is 1. The molecule has 0 aliphatic heterocycles. The van der Waals surface area contributed by atoms with Crippen LogP contribution in [0.25, 0.3) is 11.7 Å². The Morgan fingerprint density at radius 3 is 2.92 bits per heavy atom. The lowest BCUT2D eigenvalue weighted by atomic mass is 10.4. The molecule has 5 nitrogen and oxygen atoms in total. The van der Waals surface area contributed by atoms with E-state index < -0.39 is 5.91 Å². The number of hydrogen-bond acceptors (Lipinski definition) is 4. The third kappa shape index (κ3) is 1.31. The molecule has 13 heavy (non-hydrogen) atoms. The van der Waals surface area contributed by atoms with Gasteiger partial charge in [-0.15, -0.1) is 0 Å². The summed E-state index contributed by atoms with van der Waals surface area (Å²) in [5.74, 6) is 0.0861. The topological polar surface area (TPSA) is 82.3 Å². The molecule has 0 aliphatic carbocycles. The number of amides is 1. The summed E-state index contributed by atoms with van der Waals surface area (Å²) in [7, 11) is 0. The lowest BCUT2D eigenvalue weighted by Crippen LogP contribution is -2.09. The molecule has 2 aromatic heterocycles. The van der Waals surface area contributed by atoms with Gasteiger partial charge in [0.05, 0.1) is 12.5 Å². The fourth-order valence-electron chi connectivity index (χ4n) is 0.902. The molecule has 0 fully saturated rings. The van der Waals surface area contributed by atoms with Crippen molar-refractivity contribution >= 4 is 5.91 Å². The first-order chi connectivity index (χ1) is 6.27. The third-order valence-corrected chi connectivity index (χ3v) is 1.48. The van der Waals surface area contributed by atoms with Crippen molar-refractivity contribution in [1.82, 2.24) is 4.98 Å². The summed E-state index contributed by atoms with van der Waals surface area (Å²) in [6.07, 6.45) is 2.75. The Morgan fingerprint density at radius 1 is 1.54 bits per heavy atom. The second-order valence-corrected chi connectivity index (χ2v) is 2.37. The molecule has 0 saturated heterocycles. The standard InChI is InChI=1S/C8H6N2O3/c9-7(11)6-4-10-8(13-6)5-2-1-3-12-5/h1-4H,(H2,9,11). The van der Waals surface area contributed by atoms with Gasteiger partial charge in [0.25, 0.3) is 11.8 Å². The summed E-state index contributed by atoms with van der Waals surface area (Å²) in [6.45, 7) is 0. The predicted molar refractivity (Wildman–Crippen MR) is 42.7 cm³/mol. The van der Waals surface area contributed by atoms with Crippen molar-refractivity contribution in [2.24, 2.45) is 5.73 Å². The fourth-order valence-corrected chi connectivity index (χ4v) is 0.902. The smallest absolute Gasteiger partial charge is 0.286 e. The monoisotopic (exact) mass is 178 g/mol. The first-order valence-corrected chi connectivity index (χ1v) is 3.57. The Kier molecular flexibility index (Phi) is 1.63. The zero-order chi connectivity index (χ0) is 9.26. The highest BCUT2D eigenvalue weighted by Gasteiger charge is 2.11. The number of carbonyl (C=O) groups is 1. The average Bonchev–Trinajstić information content (AvgIpc) is 2.75. The van der Waals surface area contributed by atoms with Crippen LogP contribution in [-0.2, 0) is 0 Å². The van der Waals surface area contributed by atoms with Crippen molar-refractivity contribution < 1.29 is 13.6 Å². The molecule has 2 aromatic rings. The maximum absolute atomic E-state index is 10.6. The quantitative estimate of drug-likeness (QED) is 0.744. The van der Waals surface area contributed by atoms with E-state index in [1.807, 2.05) is 0 Å². The van der Waals surface area contributed by atoms with Gasteiger partial charge in [-0.2, -0.15) is 0 Å². The molecular formula is C8H6N2O3. The van der Waals surface area contributed by atoms with Crippen LogP contribution < -0.4 is 5.73 Å². The van der Waals surface area contributed by atoms with Gasteiger partial charge in [-0.05, 0) is 12.1 Å². The zero-order valence-corrected chi connectivity index (χ0v) is 6.56. The molecule has 2 rings (SSSR count).